The molecule has 3 aliphatic rings. The first-order valence-corrected chi connectivity index (χ1v) is 12.1. The molecule has 36 heavy (non-hydrogen) atoms. The van der Waals surface area contributed by atoms with E-state index in [1.54, 1.807) is 20.2 Å². The monoisotopic (exact) mass is 499 g/mol. The van der Waals surface area contributed by atoms with Crippen molar-refractivity contribution in [2.24, 2.45) is 17.6 Å². The maximum Gasteiger partial charge on any atom is 0.255 e. The van der Waals surface area contributed by atoms with E-state index in [0.29, 0.717) is 24.3 Å². The predicted octanol–water partition coefficient (Wildman–Crippen LogP) is 1.37. The average molecular weight is 500 g/mol. The van der Waals surface area contributed by atoms with E-state index in [-0.39, 0.29) is 29.2 Å². The largest absolute Gasteiger partial charge is 0.508 e. The van der Waals surface area contributed by atoms with Crippen molar-refractivity contribution in [3.8, 4) is 5.75 Å². The Hall–Kier alpha value is -3.37. The molecule has 0 radical (unpaired) electrons. The number of Topliss-reactive ketones (excluding diaryl/α,β-unsaturated/α-hetero) is 2. The number of nitrogens with zero attached hydrogens (tertiary/aromatic N) is 2. The minimum Gasteiger partial charge on any atom is -0.508 e. The van der Waals surface area contributed by atoms with Gasteiger partial charge in [-0.3, -0.25) is 19.3 Å². The number of aromatic hydroxyl groups is 1. The molecule has 194 valence electrons. The molecule has 0 aliphatic heterocycles. The van der Waals surface area contributed by atoms with Gasteiger partial charge in [0.05, 0.1) is 17.3 Å². The highest BCUT2D eigenvalue weighted by Crippen LogP contribution is 2.56. The summed E-state index contributed by atoms with van der Waals surface area (Å²) in [5.41, 5.74) is 2.96. The summed E-state index contributed by atoms with van der Waals surface area (Å²) < 4.78 is 0. The standard InChI is InChI=1S/C26H33N3O7/c1-6-29(7-2)15-9-8-12-11(3)13-10-14-19(28(4)5)22(32)18(25(27)35)24(34)26(14,36)23(33)17(13)21(31)16(12)20(15)30/h8-9,11,13-14,19,30-31,34,36H,6-7,10H2,1-5H3,(H2,27,35)/t11?,13-,14+,19+,26+/m1/s1. The molecule has 4 rings (SSSR count). The molecule has 10 heteroatoms. The summed E-state index contributed by atoms with van der Waals surface area (Å²) in [5.74, 6) is -6.86. The zero-order valence-electron chi connectivity index (χ0n) is 21.1. The summed E-state index contributed by atoms with van der Waals surface area (Å²) in [7, 11) is 3.15. The molecule has 1 fully saturated rings. The highest BCUT2D eigenvalue weighted by Gasteiger charge is 2.64. The number of ketones is 2. The number of anilines is 1. The Labute approximate surface area is 209 Å². The molecule has 1 amide bonds. The molecule has 0 spiro atoms. The summed E-state index contributed by atoms with van der Waals surface area (Å²) in [6.45, 7) is 6.91. The molecule has 0 saturated heterocycles. The first kappa shape index (κ1) is 25.7. The lowest BCUT2D eigenvalue weighted by atomic mass is 9.55. The van der Waals surface area contributed by atoms with Crippen LogP contribution in [0.2, 0.25) is 0 Å². The lowest BCUT2D eigenvalue weighted by Gasteiger charge is -2.51. The van der Waals surface area contributed by atoms with Crippen molar-refractivity contribution in [1.29, 1.82) is 0 Å². The molecule has 1 saturated carbocycles. The van der Waals surface area contributed by atoms with Crippen LogP contribution in [0.15, 0.2) is 29.0 Å². The van der Waals surface area contributed by atoms with Gasteiger partial charge in [0.15, 0.2) is 11.4 Å². The zero-order chi connectivity index (χ0) is 26.9. The lowest BCUT2D eigenvalue weighted by Crippen LogP contribution is -2.65. The number of amides is 1. The molecule has 0 heterocycles. The summed E-state index contributed by atoms with van der Waals surface area (Å²) in [5, 5.41) is 45.2. The molecule has 0 aromatic heterocycles. The Balaban J connectivity index is 1.99. The number of primary amides is 1. The number of aliphatic hydroxyl groups is 3. The van der Waals surface area contributed by atoms with Gasteiger partial charge in [-0.1, -0.05) is 13.0 Å². The van der Waals surface area contributed by atoms with Crippen LogP contribution < -0.4 is 10.6 Å². The SMILES string of the molecule is CCN(CC)c1ccc2c(c1O)C(O)=C1C(=O)[C@]3(O)C(O)=C(C(N)=O)C(=O)[C@@H](N(C)C)[C@@H]3C[C@@H]1C2C. The number of phenolic OH excluding ortho intramolecular Hbond substituents is 1. The molecule has 6 N–H and O–H groups in total. The third-order valence-corrected chi connectivity index (χ3v) is 8.18. The first-order valence-electron chi connectivity index (χ1n) is 12.1. The van der Waals surface area contributed by atoms with E-state index in [1.807, 2.05) is 31.7 Å². The van der Waals surface area contributed by atoms with Crippen molar-refractivity contribution in [2.45, 2.75) is 44.8 Å². The molecule has 5 atom stereocenters. The van der Waals surface area contributed by atoms with Gasteiger partial charge in [-0.05, 0) is 57.8 Å². The fraction of sp³-hybridized carbons (Fsp3) is 0.500. The number of rotatable bonds is 5. The van der Waals surface area contributed by atoms with E-state index in [4.69, 9.17) is 5.73 Å². The quantitative estimate of drug-likeness (QED) is 0.376. The third-order valence-electron chi connectivity index (χ3n) is 8.18. The van der Waals surface area contributed by atoms with Crippen molar-refractivity contribution in [1.82, 2.24) is 4.90 Å². The number of aliphatic hydroxyl groups excluding tert-OH is 2. The smallest absolute Gasteiger partial charge is 0.255 e. The number of hydrogen-bond donors (Lipinski definition) is 5. The van der Waals surface area contributed by atoms with Crippen molar-refractivity contribution in [3.05, 3.63) is 40.2 Å². The second-order valence-electron chi connectivity index (χ2n) is 10.0. The highest BCUT2D eigenvalue weighted by atomic mass is 16.3. The number of phenols is 1. The Kier molecular flexibility index (Phi) is 6.17. The van der Waals surface area contributed by atoms with E-state index in [2.05, 4.69) is 0 Å². The highest BCUT2D eigenvalue weighted by molar-refractivity contribution is 6.24. The number of likely N-dealkylation sites (N-methyl/N-ethyl adjacent to an activating group) is 1. The van der Waals surface area contributed by atoms with Crippen LogP contribution in [0.25, 0.3) is 5.76 Å². The topological polar surface area (TPSA) is 165 Å². The first-order chi connectivity index (χ1) is 16.8. The molecule has 1 aromatic rings. The van der Waals surface area contributed by atoms with Gasteiger partial charge in [0.2, 0.25) is 5.78 Å². The third kappa shape index (κ3) is 3.20. The van der Waals surface area contributed by atoms with Crippen molar-refractivity contribution < 1.29 is 34.8 Å². The average Bonchev–Trinajstić information content (AvgIpc) is 2.80. The summed E-state index contributed by atoms with van der Waals surface area (Å²) in [6.07, 6.45) is 0.0610. The number of hydrogen-bond acceptors (Lipinski definition) is 9. The van der Waals surface area contributed by atoms with Crippen LogP contribution in [0.5, 0.6) is 5.75 Å². The minimum absolute atomic E-state index is 0.0610. The Morgan fingerprint density at radius 2 is 1.75 bits per heavy atom. The number of fused-ring (bicyclic) bond motifs is 3. The van der Waals surface area contributed by atoms with Crippen molar-refractivity contribution in [2.75, 3.05) is 32.1 Å². The van der Waals surface area contributed by atoms with Crippen LogP contribution in [0.4, 0.5) is 5.69 Å². The summed E-state index contributed by atoms with van der Waals surface area (Å²) in [6, 6.07) is 2.48. The van der Waals surface area contributed by atoms with Gasteiger partial charge in [-0.2, -0.15) is 0 Å². The van der Waals surface area contributed by atoms with Crippen LogP contribution in [0, 0.1) is 11.8 Å². The fourth-order valence-electron chi connectivity index (χ4n) is 6.35. The van der Waals surface area contributed by atoms with Crippen LogP contribution in [-0.4, -0.2) is 81.6 Å². The van der Waals surface area contributed by atoms with Gasteiger partial charge < -0.3 is 31.1 Å². The number of carbonyl (C=O) groups is 3. The van der Waals surface area contributed by atoms with E-state index < -0.39 is 58.0 Å². The zero-order valence-corrected chi connectivity index (χ0v) is 21.1. The fourth-order valence-corrected chi connectivity index (χ4v) is 6.35. The van der Waals surface area contributed by atoms with Crippen LogP contribution in [0.3, 0.4) is 0 Å². The maximum atomic E-state index is 13.9. The van der Waals surface area contributed by atoms with Crippen LogP contribution in [0.1, 0.15) is 44.2 Å². The van der Waals surface area contributed by atoms with Crippen molar-refractivity contribution >= 4 is 28.9 Å². The number of nitrogens with two attached hydrogens (primary N) is 1. The number of benzene rings is 1. The number of carbonyl (C=O) groups excluding carboxylic acids is 3. The van der Waals surface area contributed by atoms with E-state index in [9.17, 15) is 34.8 Å². The summed E-state index contributed by atoms with van der Waals surface area (Å²) in [4.78, 5) is 42.6. The molecule has 0 bridgehead atoms. The minimum atomic E-state index is -2.64. The van der Waals surface area contributed by atoms with Gasteiger partial charge in [-0.25, -0.2) is 0 Å². The van der Waals surface area contributed by atoms with Gasteiger partial charge in [0.25, 0.3) is 5.91 Å². The summed E-state index contributed by atoms with van der Waals surface area (Å²) >= 11 is 0. The van der Waals surface area contributed by atoms with E-state index in [0.717, 1.165) is 0 Å². The molecule has 10 nitrogen and oxygen atoms in total. The Morgan fingerprint density at radius 3 is 2.28 bits per heavy atom. The van der Waals surface area contributed by atoms with E-state index >= 15 is 0 Å². The maximum absolute atomic E-state index is 13.9. The Morgan fingerprint density at radius 1 is 1.14 bits per heavy atom. The van der Waals surface area contributed by atoms with Crippen LogP contribution in [-0.2, 0) is 14.4 Å². The normalized spacial score (nSPS) is 29.8. The molecular formula is C26H33N3O7. The second kappa shape index (κ2) is 8.63. The van der Waals surface area contributed by atoms with Crippen LogP contribution >= 0.6 is 0 Å². The lowest BCUT2D eigenvalue weighted by molar-refractivity contribution is -0.154. The Bertz CT molecular complexity index is 1230. The second-order valence-corrected chi connectivity index (χ2v) is 10.0. The molecule has 1 unspecified atom stereocenters. The predicted molar refractivity (Wildman–Crippen MR) is 133 cm³/mol. The molecule has 3 aliphatic carbocycles. The van der Waals surface area contributed by atoms with E-state index in [1.165, 1.54) is 4.90 Å². The van der Waals surface area contributed by atoms with Crippen molar-refractivity contribution in [3.63, 3.8) is 0 Å². The molecule has 1 aromatic carbocycles. The van der Waals surface area contributed by atoms with Gasteiger partial charge in [0.1, 0.15) is 22.8 Å². The van der Waals surface area contributed by atoms with Gasteiger partial charge >= 0.3 is 0 Å². The van der Waals surface area contributed by atoms with Gasteiger partial charge in [-0.15, -0.1) is 0 Å². The van der Waals surface area contributed by atoms with Gasteiger partial charge in [0, 0.05) is 24.6 Å². The molecular weight excluding hydrogens is 466 g/mol.